The summed E-state index contributed by atoms with van der Waals surface area (Å²) in [5.41, 5.74) is -0.0550. The molecule has 174 valence electrons. The summed E-state index contributed by atoms with van der Waals surface area (Å²) in [4.78, 5) is 36.5. The standard InChI is InChI=1S/C25H27NO6S/c1-5-23(27)31-14-16(3)30-13-15(2)26-25(29)17(4)32-18-10-11-22-20(12-18)24(28)19-8-6-7-9-21(19)33-22/h5-12,15-17H,1,13-14H2,2-4H3,(H,26,29). The molecule has 0 aliphatic heterocycles. The van der Waals surface area contributed by atoms with E-state index in [4.69, 9.17) is 14.2 Å². The molecular weight excluding hydrogens is 442 g/mol. The SMILES string of the molecule is C=CC(=O)OCC(C)OCC(C)NC(=O)C(C)Oc1ccc2sc3ccccc3c(=O)c2c1. The van der Waals surface area contributed by atoms with E-state index < -0.39 is 12.1 Å². The maximum atomic E-state index is 12.9. The summed E-state index contributed by atoms with van der Waals surface area (Å²) in [6.45, 7) is 8.90. The fourth-order valence-electron chi connectivity index (χ4n) is 3.13. The maximum Gasteiger partial charge on any atom is 0.330 e. The lowest BCUT2D eigenvalue weighted by atomic mass is 10.2. The normalized spacial score (nSPS) is 13.8. The van der Waals surface area contributed by atoms with Gasteiger partial charge in [0, 0.05) is 32.3 Å². The molecule has 8 heteroatoms. The number of rotatable bonds is 10. The molecule has 1 amide bonds. The van der Waals surface area contributed by atoms with Crippen LogP contribution in [-0.4, -0.2) is 43.3 Å². The average Bonchev–Trinajstić information content (AvgIpc) is 2.81. The van der Waals surface area contributed by atoms with Crippen LogP contribution in [0.1, 0.15) is 20.8 Å². The quantitative estimate of drug-likeness (QED) is 0.276. The topological polar surface area (TPSA) is 90.9 Å². The molecule has 0 saturated carbocycles. The summed E-state index contributed by atoms with van der Waals surface area (Å²) >= 11 is 1.54. The highest BCUT2D eigenvalue weighted by Crippen LogP contribution is 2.27. The first kappa shape index (κ1) is 24.4. The van der Waals surface area contributed by atoms with Gasteiger partial charge in [-0.25, -0.2) is 4.79 Å². The Morgan fingerprint density at radius 3 is 2.55 bits per heavy atom. The fourth-order valence-corrected chi connectivity index (χ4v) is 4.18. The molecule has 0 radical (unpaired) electrons. The molecule has 0 bridgehead atoms. The van der Waals surface area contributed by atoms with E-state index in [1.807, 2.05) is 30.3 Å². The second-order valence-electron chi connectivity index (χ2n) is 7.73. The van der Waals surface area contributed by atoms with Crippen molar-refractivity contribution >= 4 is 43.4 Å². The Bertz CT molecular complexity index is 1220. The molecule has 0 spiro atoms. The van der Waals surface area contributed by atoms with E-state index in [1.54, 1.807) is 44.2 Å². The second-order valence-corrected chi connectivity index (χ2v) is 8.82. The summed E-state index contributed by atoms with van der Waals surface area (Å²) in [5, 5.41) is 4.06. The van der Waals surface area contributed by atoms with Crippen molar-refractivity contribution < 1.29 is 23.8 Å². The van der Waals surface area contributed by atoms with Crippen LogP contribution in [0.15, 0.2) is 59.9 Å². The first-order valence-corrected chi connectivity index (χ1v) is 11.4. The van der Waals surface area contributed by atoms with Crippen molar-refractivity contribution in [2.75, 3.05) is 13.2 Å². The van der Waals surface area contributed by atoms with Crippen LogP contribution in [0, 0.1) is 0 Å². The Morgan fingerprint density at radius 2 is 1.79 bits per heavy atom. The van der Waals surface area contributed by atoms with Crippen molar-refractivity contribution in [1.29, 1.82) is 0 Å². The van der Waals surface area contributed by atoms with Gasteiger partial charge in [0.25, 0.3) is 5.91 Å². The number of carbonyl (C=O) groups is 2. The number of hydrogen-bond donors (Lipinski definition) is 1. The van der Waals surface area contributed by atoms with E-state index >= 15 is 0 Å². The average molecular weight is 470 g/mol. The van der Waals surface area contributed by atoms with E-state index in [1.165, 1.54) is 0 Å². The maximum absolute atomic E-state index is 12.9. The number of amides is 1. The van der Waals surface area contributed by atoms with E-state index in [0.29, 0.717) is 16.5 Å². The van der Waals surface area contributed by atoms with Gasteiger partial charge in [-0.2, -0.15) is 0 Å². The molecule has 0 fully saturated rings. The number of esters is 1. The van der Waals surface area contributed by atoms with Gasteiger partial charge in [-0.05, 0) is 51.1 Å². The highest BCUT2D eigenvalue weighted by molar-refractivity contribution is 7.24. The zero-order chi connectivity index (χ0) is 24.0. The number of nitrogens with one attached hydrogen (secondary N) is 1. The van der Waals surface area contributed by atoms with Gasteiger partial charge in [-0.1, -0.05) is 18.7 Å². The minimum atomic E-state index is -0.768. The zero-order valence-corrected chi connectivity index (χ0v) is 19.6. The van der Waals surface area contributed by atoms with Gasteiger partial charge in [-0.15, -0.1) is 11.3 Å². The van der Waals surface area contributed by atoms with Crippen molar-refractivity contribution in [2.45, 2.75) is 39.0 Å². The highest BCUT2D eigenvalue weighted by atomic mass is 32.1. The second kappa shape index (κ2) is 11.1. The number of benzene rings is 2. The van der Waals surface area contributed by atoms with Crippen LogP contribution >= 0.6 is 11.3 Å². The molecule has 0 saturated heterocycles. The first-order valence-electron chi connectivity index (χ1n) is 10.6. The summed E-state index contributed by atoms with van der Waals surface area (Å²) in [6, 6.07) is 12.5. The number of hydrogen-bond acceptors (Lipinski definition) is 7. The van der Waals surface area contributed by atoms with E-state index in [0.717, 1.165) is 15.5 Å². The number of fused-ring (bicyclic) bond motifs is 2. The third-order valence-electron chi connectivity index (χ3n) is 4.88. The molecule has 1 aromatic heterocycles. The molecule has 2 aromatic carbocycles. The van der Waals surface area contributed by atoms with Crippen molar-refractivity contribution in [3.05, 3.63) is 65.3 Å². The molecule has 3 aromatic rings. The molecule has 33 heavy (non-hydrogen) atoms. The van der Waals surface area contributed by atoms with Gasteiger partial charge in [0.2, 0.25) is 0 Å². The molecule has 0 aliphatic carbocycles. The molecule has 3 rings (SSSR count). The van der Waals surface area contributed by atoms with Crippen LogP contribution < -0.4 is 15.5 Å². The Morgan fingerprint density at radius 1 is 1.06 bits per heavy atom. The van der Waals surface area contributed by atoms with Gasteiger partial charge >= 0.3 is 5.97 Å². The Labute approximate surface area is 196 Å². The lowest BCUT2D eigenvalue weighted by molar-refractivity contribution is -0.141. The van der Waals surface area contributed by atoms with Gasteiger partial charge in [0.1, 0.15) is 12.4 Å². The summed E-state index contributed by atoms with van der Waals surface area (Å²) < 4.78 is 18.1. The Balaban J connectivity index is 1.57. The van der Waals surface area contributed by atoms with Gasteiger partial charge < -0.3 is 19.5 Å². The monoisotopic (exact) mass is 469 g/mol. The summed E-state index contributed by atoms with van der Waals surface area (Å²) in [6.07, 6.45) is 0.000670. The van der Waals surface area contributed by atoms with Crippen LogP contribution in [0.5, 0.6) is 5.75 Å². The van der Waals surface area contributed by atoms with E-state index in [9.17, 15) is 14.4 Å². The highest BCUT2D eigenvalue weighted by Gasteiger charge is 2.18. The van der Waals surface area contributed by atoms with Gasteiger partial charge in [0.15, 0.2) is 11.5 Å². The number of ether oxygens (including phenoxy) is 3. The molecule has 7 nitrogen and oxygen atoms in total. The summed E-state index contributed by atoms with van der Waals surface area (Å²) in [7, 11) is 0. The smallest absolute Gasteiger partial charge is 0.330 e. The summed E-state index contributed by atoms with van der Waals surface area (Å²) in [5.74, 6) is -0.364. The van der Waals surface area contributed by atoms with Crippen LogP contribution in [0.3, 0.4) is 0 Å². The molecular formula is C25H27NO6S. The van der Waals surface area contributed by atoms with Crippen LogP contribution in [0.2, 0.25) is 0 Å². The third kappa shape index (κ3) is 6.40. The van der Waals surface area contributed by atoms with Crippen LogP contribution in [0.4, 0.5) is 0 Å². The minimum absolute atomic E-state index is 0.0550. The predicted molar refractivity (Wildman–Crippen MR) is 130 cm³/mol. The Kier molecular flexibility index (Phi) is 8.19. The number of carbonyl (C=O) groups excluding carboxylic acids is 2. The van der Waals surface area contributed by atoms with Gasteiger partial charge in [0.05, 0.1) is 12.7 Å². The molecule has 3 unspecified atom stereocenters. The minimum Gasteiger partial charge on any atom is -0.481 e. The van der Waals surface area contributed by atoms with Crippen LogP contribution in [0.25, 0.3) is 20.2 Å². The van der Waals surface area contributed by atoms with Crippen molar-refractivity contribution in [3.63, 3.8) is 0 Å². The third-order valence-corrected chi connectivity index (χ3v) is 6.03. The molecule has 1 N–H and O–H groups in total. The fraction of sp³-hybridized carbons (Fsp3) is 0.320. The van der Waals surface area contributed by atoms with Crippen molar-refractivity contribution in [3.8, 4) is 5.75 Å². The predicted octanol–water partition coefficient (Wildman–Crippen LogP) is 3.82. The molecule has 3 atom stereocenters. The lowest BCUT2D eigenvalue weighted by Gasteiger charge is -2.20. The zero-order valence-electron chi connectivity index (χ0n) is 18.8. The van der Waals surface area contributed by atoms with Gasteiger partial charge in [-0.3, -0.25) is 9.59 Å². The Hall–Kier alpha value is -3.23. The molecule has 1 heterocycles. The van der Waals surface area contributed by atoms with Crippen molar-refractivity contribution in [2.24, 2.45) is 0 Å². The van der Waals surface area contributed by atoms with E-state index in [-0.39, 0.29) is 36.7 Å². The van der Waals surface area contributed by atoms with Crippen LogP contribution in [-0.2, 0) is 19.1 Å². The van der Waals surface area contributed by atoms with E-state index in [2.05, 4.69) is 11.9 Å². The lowest BCUT2D eigenvalue weighted by Crippen LogP contribution is -2.43. The molecule has 0 aliphatic rings. The largest absolute Gasteiger partial charge is 0.481 e. The van der Waals surface area contributed by atoms with Crippen molar-refractivity contribution in [1.82, 2.24) is 5.32 Å². The first-order chi connectivity index (χ1) is 15.8.